The molecule has 1 amide bonds. The lowest BCUT2D eigenvalue weighted by Gasteiger charge is -2.02. The second-order valence-corrected chi connectivity index (χ2v) is 4.08. The molecule has 102 valence electrons. The highest BCUT2D eigenvalue weighted by Crippen LogP contribution is 2.10. The summed E-state index contributed by atoms with van der Waals surface area (Å²) in [6.45, 7) is 0. The number of aromatic carboxylic acids is 1. The molecule has 0 saturated heterocycles. The highest BCUT2D eigenvalue weighted by molar-refractivity contribution is 6.02. The predicted octanol–water partition coefficient (Wildman–Crippen LogP) is 1.77. The van der Waals surface area contributed by atoms with Gasteiger partial charge < -0.3 is 10.4 Å². The maximum Gasteiger partial charge on any atom is 0.335 e. The van der Waals surface area contributed by atoms with Crippen molar-refractivity contribution in [2.24, 2.45) is 7.05 Å². The van der Waals surface area contributed by atoms with Crippen molar-refractivity contribution in [1.82, 2.24) is 9.78 Å². The van der Waals surface area contributed by atoms with Crippen LogP contribution in [0.3, 0.4) is 0 Å². The highest BCUT2D eigenvalue weighted by Gasteiger charge is 2.03. The zero-order chi connectivity index (χ0) is 14.5. The molecule has 0 bridgehead atoms. The molecule has 0 atom stereocenters. The Balaban J connectivity index is 1.99. The van der Waals surface area contributed by atoms with Crippen molar-refractivity contribution >= 4 is 23.6 Å². The molecule has 0 spiro atoms. The zero-order valence-corrected chi connectivity index (χ0v) is 10.8. The molecule has 0 unspecified atom stereocenters. The summed E-state index contributed by atoms with van der Waals surface area (Å²) in [5.41, 5.74) is 1.52. The van der Waals surface area contributed by atoms with Crippen molar-refractivity contribution < 1.29 is 14.7 Å². The number of hydrogen-bond donors (Lipinski definition) is 2. The predicted molar refractivity (Wildman–Crippen MR) is 74.3 cm³/mol. The lowest BCUT2D eigenvalue weighted by molar-refractivity contribution is -0.111. The Kier molecular flexibility index (Phi) is 3.95. The molecular weight excluding hydrogens is 258 g/mol. The molecule has 20 heavy (non-hydrogen) atoms. The number of aryl methyl sites for hydroxylation is 1. The van der Waals surface area contributed by atoms with Crippen LogP contribution in [-0.2, 0) is 11.8 Å². The fourth-order valence-electron chi connectivity index (χ4n) is 1.59. The van der Waals surface area contributed by atoms with E-state index in [1.807, 2.05) is 0 Å². The third-order valence-corrected chi connectivity index (χ3v) is 2.66. The van der Waals surface area contributed by atoms with Crippen LogP contribution >= 0.6 is 0 Å². The van der Waals surface area contributed by atoms with Crippen LogP contribution in [0, 0.1) is 0 Å². The van der Waals surface area contributed by atoms with Crippen LogP contribution in [0.5, 0.6) is 0 Å². The van der Waals surface area contributed by atoms with Gasteiger partial charge in [-0.25, -0.2) is 4.79 Å². The number of nitrogens with zero attached hydrogens (tertiary/aromatic N) is 2. The highest BCUT2D eigenvalue weighted by atomic mass is 16.4. The van der Waals surface area contributed by atoms with E-state index in [4.69, 9.17) is 5.11 Å². The molecule has 0 saturated carbocycles. The van der Waals surface area contributed by atoms with E-state index in [1.165, 1.54) is 18.2 Å². The van der Waals surface area contributed by atoms with Crippen molar-refractivity contribution in [3.8, 4) is 0 Å². The number of aromatic nitrogens is 2. The number of carboxylic acid groups (broad SMARTS) is 1. The second-order valence-electron chi connectivity index (χ2n) is 4.08. The van der Waals surface area contributed by atoms with E-state index in [-0.39, 0.29) is 11.5 Å². The van der Waals surface area contributed by atoms with E-state index in [1.54, 1.807) is 42.2 Å². The summed E-state index contributed by atoms with van der Waals surface area (Å²) in [6, 6.07) is 7.73. The van der Waals surface area contributed by atoms with E-state index in [0.717, 1.165) is 5.69 Å². The molecule has 0 radical (unpaired) electrons. The SMILES string of the molecule is Cn1nccc1/C=C/C(=O)Nc1ccc(C(=O)O)cc1. The largest absolute Gasteiger partial charge is 0.478 e. The van der Waals surface area contributed by atoms with E-state index in [0.29, 0.717) is 5.69 Å². The van der Waals surface area contributed by atoms with Gasteiger partial charge >= 0.3 is 5.97 Å². The number of carbonyl (C=O) groups is 2. The first-order valence-electron chi connectivity index (χ1n) is 5.86. The molecular formula is C14H13N3O3. The topological polar surface area (TPSA) is 84.2 Å². The van der Waals surface area contributed by atoms with Crippen LogP contribution in [0.15, 0.2) is 42.6 Å². The van der Waals surface area contributed by atoms with Crippen molar-refractivity contribution in [1.29, 1.82) is 0 Å². The zero-order valence-electron chi connectivity index (χ0n) is 10.8. The first kappa shape index (κ1) is 13.5. The minimum absolute atomic E-state index is 0.174. The van der Waals surface area contributed by atoms with Gasteiger partial charge in [-0.05, 0) is 36.4 Å². The molecule has 2 aromatic rings. The summed E-state index contributed by atoms with van der Waals surface area (Å²) in [4.78, 5) is 22.4. The molecule has 2 rings (SSSR count). The van der Waals surface area contributed by atoms with E-state index in [2.05, 4.69) is 10.4 Å². The molecule has 0 aliphatic carbocycles. The normalized spacial score (nSPS) is 10.7. The minimum atomic E-state index is -1.00. The summed E-state index contributed by atoms with van der Waals surface area (Å²) in [6.07, 6.45) is 4.68. The van der Waals surface area contributed by atoms with Crippen LogP contribution in [0.4, 0.5) is 5.69 Å². The van der Waals surface area contributed by atoms with Crippen molar-refractivity contribution in [2.45, 2.75) is 0 Å². The van der Waals surface area contributed by atoms with Gasteiger partial charge in [0.2, 0.25) is 5.91 Å². The standard InChI is InChI=1S/C14H13N3O3/c1-17-12(8-9-15-17)6-7-13(18)16-11-4-2-10(3-5-11)14(19)20/h2-9H,1H3,(H,16,18)(H,19,20)/b7-6+. The minimum Gasteiger partial charge on any atom is -0.478 e. The number of benzene rings is 1. The van der Waals surface area contributed by atoms with Gasteiger partial charge in [0.15, 0.2) is 0 Å². The van der Waals surface area contributed by atoms with E-state index < -0.39 is 5.97 Å². The molecule has 0 aliphatic rings. The number of hydrogen-bond acceptors (Lipinski definition) is 3. The average Bonchev–Trinajstić information content (AvgIpc) is 2.82. The average molecular weight is 271 g/mol. The van der Waals surface area contributed by atoms with Crippen molar-refractivity contribution in [3.63, 3.8) is 0 Å². The number of anilines is 1. The van der Waals surface area contributed by atoms with Gasteiger partial charge in [-0.15, -0.1) is 0 Å². The lowest BCUT2D eigenvalue weighted by Crippen LogP contribution is -2.08. The van der Waals surface area contributed by atoms with Gasteiger partial charge in [0.05, 0.1) is 11.3 Å². The van der Waals surface area contributed by atoms with E-state index >= 15 is 0 Å². The Morgan fingerprint density at radius 3 is 2.50 bits per heavy atom. The number of amides is 1. The molecule has 1 aromatic heterocycles. The summed E-state index contributed by atoms with van der Waals surface area (Å²) < 4.78 is 1.64. The Labute approximate surface area is 115 Å². The van der Waals surface area contributed by atoms with Crippen LogP contribution in [0.1, 0.15) is 16.1 Å². The Bertz CT molecular complexity index is 657. The number of rotatable bonds is 4. The van der Waals surface area contributed by atoms with Crippen LogP contribution in [0.2, 0.25) is 0 Å². The van der Waals surface area contributed by atoms with Gasteiger partial charge in [-0.1, -0.05) is 0 Å². The van der Waals surface area contributed by atoms with Crippen LogP contribution in [-0.4, -0.2) is 26.8 Å². The lowest BCUT2D eigenvalue weighted by atomic mass is 10.2. The van der Waals surface area contributed by atoms with Crippen LogP contribution in [0.25, 0.3) is 6.08 Å². The first-order chi connectivity index (χ1) is 9.56. The molecule has 6 heteroatoms. The number of carbonyl (C=O) groups excluding carboxylic acids is 1. The molecule has 2 N–H and O–H groups in total. The quantitative estimate of drug-likeness (QED) is 0.830. The first-order valence-corrected chi connectivity index (χ1v) is 5.86. The van der Waals surface area contributed by atoms with Gasteiger partial charge in [-0.2, -0.15) is 5.10 Å². The maximum absolute atomic E-state index is 11.7. The molecule has 0 fully saturated rings. The van der Waals surface area contributed by atoms with Gasteiger partial charge in [0.25, 0.3) is 0 Å². The number of carboxylic acids is 1. The summed E-state index contributed by atoms with van der Waals surface area (Å²) in [5.74, 6) is -1.30. The van der Waals surface area contributed by atoms with Crippen molar-refractivity contribution in [3.05, 3.63) is 53.9 Å². The number of nitrogens with one attached hydrogen (secondary N) is 1. The summed E-state index contributed by atoms with van der Waals surface area (Å²) >= 11 is 0. The van der Waals surface area contributed by atoms with E-state index in [9.17, 15) is 9.59 Å². The van der Waals surface area contributed by atoms with Crippen LogP contribution < -0.4 is 5.32 Å². The smallest absolute Gasteiger partial charge is 0.335 e. The Morgan fingerprint density at radius 2 is 1.95 bits per heavy atom. The molecule has 0 aliphatic heterocycles. The van der Waals surface area contributed by atoms with Crippen molar-refractivity contribution in [2.75, 3.05) is 5.32 Å². The van der Waals surface area contributed by atoms with Gasteiger partial charge in [0.1, 0.15) is 0 Å². The monoisotopic (exact) mass is 271 g/mol. The third kappa shape index (κ3) is 3.32. The maximum atomic E-state index is 11.7. The Morgan fingerprint density at radius 1 is 1.25 bits per heavy atom. The Hall–Kier alpha value is -2.89. The van der Waals surface area contributed by atoms with Gasteiger partial charge in [0, 0.05) is 25.0 Å². The summed E-state index contributed by atoms with van der Waals surface area (Å²) in [5, 5.41) is 15.4. The molecule has 1 aromatic carbocycles. The third-order valence-electron chi connectivity index (χ3n) is 2.66. The molecule has 1 heterocycles. The fraction of sp³-hybridized carbons (Fsp3) is 0.0714. The second kappa shape index (κ2) is 5.83. The summed E-state index contributed by atoms with van der Waals surface area (Å²) in [7, 11) is 1.78. The fourth-order valence-corrected chi connectivity index (χ4v) is 1.59. The molecule has 6 nitrogen and oxygen atoms in total. The van der Waals surface area contributed by atoms with Gasteiger partial charge in [-0.3, -0.25) is 9.48 Å².